The zero-order chi connectivity index (χ0) is 37.0. The fraction of sp³-hybridized carbons (Fsp3) is 0.0800. The SMILES string of the molecule is C1=CC(c2ccc(C3=NC(C4=CC=C(n5c6ccccc6c6cc7c8ccccc8n(-c8ccccc8)c7cc65)CN4)NC(c4ccccc4)=N3)cc2)=CCC1. The Labute approximate surface area is 324 Å². The van der Waals surface area contributed by atoms with E-state index in [4.69, 9.17) is 9.98 Å². The molecule has 6 aromatic carbocycles. The molecular formula is C50H38N6. The number of allylic oxidation sites excluding steroid dienone is 6. The van der Waals surface area contributed by atoms with E-state index in [9.17, 15) is 0 Å². The van der Waals surface area contributed by atoms with E-state index in [2.05, 4.69) is 178 Å². The van der Waals surface area contributed by atoms with Gasteiger partial charge in [-0.3, -0.25) is 0 Å². The predicted molar refractivity (Wildman–Crippen MR) is 233 cm³/mol. The lowest BCUT2D eigenvalue weighted by molar-refractivity contribution is 0.651. The van der Waals surface area contributed by atoms with Crippen molar-refractivity contribution in [1.82, 2.24) is 19.8 Å². The molecule has 0 radical (unpaired) electrons. The summed E-state index contributed by atoms with van der Waals surface area (Å²) in [5.74, 6) is 1.52. The fourth-order valence-corrected chi connectivity index (χ4v) is 8.55. The molecule has 1 unspecified atom stereocenters. The van der Waals surface area contributed by atoms with Gasteiger partial charge in [0.25, 0.3) is 0 Å². The number of fused-ring (bicyclic) bond motifs is 6. The van der Waals surface area contributed by atoms with Gasteiger partial charge in [-0.25, -0.2) is 9.98 Å². The Balaban J connectivity index is 1.01. The Hall–Kier alpha value is -7.18. The molecule has 4 heterocycles. The van der Waals surface area contributed by atoms with Crippen molar-refractivity contribution in [2.75, 3.05) is 6.54 Å². The molecule has 56 heavy (non-hydrogen) atoms. The summed E-state index contributed by atoms with van der Waals surface area (Å²) >= 11 is 0. The van der Waals surface area contributed by atoms with Crippen molar-refractivity contribution in [3.63, 3.8) is 0 Å². The molecule has 0 amide bonds. The van der Waals surface area contributed by atoms with Gasteiger partial charge < -0.3 is 19.8 Å². The van der Waals surface area contributed by atoms with Crippen LogP contribution in [0.25, 0.3) is 60.6 Å². The molecule has 0 fully saturated rings. The van der Waals surface area contributed by atoms with E-state index in [1.165, 1.54) is 60.4 Å². The van der Waals surface area contributed by atoms with Crippen molar-refractivity contribution in [1.29, 1.82) is 0 Å². The van der Waals surface area contributed by atoms with Crippen molar-refractivity contribution in [2.24, 2.45) is 9.98 Å². The minimum absolute atomic E-state index is 0.335. The molecule has 0 saturated heterocycles. The van der Waals surface area contributed by atoms with Gasteiger partial charge in [0.15, 0.2) is 12.0 Å². The van der Waals surface area contributed by atoms with Crippen LogP contribution in [0, 0.1) is 0 Å². The highest BCUT2D eigenvalue weighted by molar-refractivity contribution is 6.19. The monoisotopic (exact) mass is 722 g/mol. The van der Waals surface area contributed by atoms with Crippen LogP contribution in [0.5, 0.6) is 0 Å². The highest BCUT2D eigenvalue weighted by atomic mass is 15.2. The molecule has 268 valence electrons. The number of amidine groups is 2. The summed E-state index contributed by atoms with van der Waals surface area (Å²) in [5.41, 5.74) is 12.6. The zero-order valence-corrected chi connectivity index (χ0v) is 30.7. The normalized spacial score (nSPS) is 16.9. The quantitative estimate of drug-likeness (QED) is 0.180. The third kappa shape index (κ3) is 5.41. The Morgan fingerprint density at radius 2 is 1.21 bits per heavy atom. The van der Waals surface area contributed by atoms with Gasteiger partial charge in [0, 0.05) is 44.1 Å². The second kappa shape index (κ2) is 13.3. The molecule has 2 N–H and O–H groups in total. The molecule has 1 atom stereocenters. The molecule has 0 saturated carbocycles. The molecule has 3 aliphatic rings. The zero-order valence-electron chi connectivity index (χ0n) is 30.7. The maximum atomic E-state index is 5.19. The lowest BCUT2D eigenvalue weighted by Gasteiger charge is -2.28. The summed E-state index contributed by atoms with van der Waals surface area (Å²) in [5, 5.41) is 12.4. The number of benzene rings is 6. The Bertz CT molecular complexity index is 3030. The van der Waals surface area contributed by atoms with Crippen LogP contribution in [-0.2, 0) is 0 Å². The van der Waals surface area contributed by atoms with E-state index in [0.29, 0.717) is 12.4 Å². The number of hydrogen-bond acceptors (Lipinski definition) is 4. The van der Waals surface area contributed by atoms with Crippen molar-refractivity contribution in [3.05, 3.63) is 198 Å². The molecule has 1 aliphatic carbocycles. The molecular weight excluding hydrogens is 685 g/mol. The largest absolute Gasteiger partial charge is 0.379 e. The Morgan fingerprint density at radius 1 is 0.554 bits per heavy atom. The molecule has 2 aromatic heterocycles. The van der Waals surface area contributed by atoms with Crippen molar-refractivity contribution < 1.29 is 0 Å². The van der Waals surface area contributed by atoms with Crippen LogP contribution >= 0.6 is 0 Å². The average Bonchev–Trinajstić information content (AvgIpc) is 3.78. The lowest BCUT2D eigenvalue weighted by atomic mass is 9.98. The number of aliphatic imine (C=N–C) groups is 2. The second-order valence-electron chi connectivity index (χ2n) is 14.6. The topological polar surface area (TPSA) is 58.6 Å². The number of aromatic nitrogens is 2. The van der Waals surface area contributed by atoms with Crippen LogP contribution in [-0.4, -0.2) is 33.5 Å². The smallest absolute Gasteiger partial charge is 0.162 e. The van der Waals surface area contributed by atoms with Crippen LogP contribution in [0.3, 0.4) is 0 Å². The molecule has 0 bridgehead atoms. The van der Waals surface area contributed by atoms with E-state index in [1.807, 2.05) is 18.2 Å². The van der Waals surface area contributed by atoms with Gasteiger partial charge in [0.2, 0.25) is 0 Å². The van der Waals surface area contributed by atoms with Gasteiger partial charge in [-0.05, 0) is 72.5 Å². The van der Waals surface area contributed by atoms with Gasteiger partial charge in [0.1, 0.15) is 5.84 Å². The van der Waals surface area contributed by atoms with Crippen LogP contribution < -0.4 is 10.6 Å². The summed E-state index contributed by atoms with van der Waals surface area (Å²) in [6.07, 6.45) is 13.1. The van der Waals surface area contributed by atoms with E-state index in [-0.39, 0.29) is 6.17 Å². The number of para-hydroxylation sites is 3. The van der Waals surface area contributed by atoms with E-state index < -0.39 is 0 Å². The average molecular weight is 723 g/mol. The first-order chi connectivity index (χ1) is 27.8. The Kier molecular flexibility index (Phi) is 7.66. The molecule has 6 nitrogen and oxygen atoms in total. The van der Waals surface area contributed by atoms with Crippen LogP contribution in [0.1, 0.15) is 29.5 Å². The van der Waals surface area contributed by atoms with Crippen molar-refractivity contribution in [3.8, 4) is 5.69 Å². The number of rotatable bonds is 6. The van der Waals surface area contributed by atoms with E-state index in [0.717, 1.165) is 41.2 Å². The van der Waals surface area contributed by atoms with Crippen LogP contribution in [0.15, 0.2) is 192 Å². The third-order valence-corrected chi connectivity index (χ3v) is 11.3. The second-order valence-corrected chi connectivity index (χ2v) is 14.6. The molecule has 8 aromatic rings. The molecule has 0 spiro atoms. The predicted octanol–water partition coefficient (Wildman–Crippen LogP) is 10.8. The first-order valence-corrected chi connectivity index (χ1v) is 19.4. The first-order valence-electron chi connectivity index (χ1n) is 19.4. The van der Waals surface area contributed by atoms with E-state index in [1.54, 1.807) is 0 Å². The van der Waals surface area contributed by atoms with Crippen LogP contribution in [0.4, 0.5) is 0 Å². The minimum atomic E-state index is -0.335. The fourth-order valence-electron chi connectivity index (χ4n) is 8.55. The van der Waals surface area contributed by atoms with Crippen LogP contribution in [0.2, 0.25) is 0 Å². The summed E-state index contributed by atoms with van der Waals surface area (Å²) in [6.45, 7) is 0.636. The highest BCUT2D eigenvalue weighted by Crippen LogP contribution is 2.39. The maximum Gasteiger partial charge on any atom is 0.162 e. The highest BCUT2D eigenvalue weighted by Gasteiger charge is 2.25. The molecule has 2 aliphatic heterocycles. The van der Waals surface area contributed by atoms with Gasteiger partial charge in [-0.2, -0.15) is 0 Å². The van der Waals surface area contributed by atoms with E-state index >= 15 is 0 Å². The summed E-state index contributed by atoms with van der Waals surface area (Å²) in [7, 11) is 0. The lowest BCUT2D eigenvalue weighted by Crippen LogP contribution is -2.44. The third-order valence-electron chi connectivity index (χ3n) is 11.3. The Morgan fingerprint density at radius 3 is 1.91 bits per heavy atom. The number of nitrogens with zero attached hydrogens (tertiary/aromatic N) is 4. The molecule has 6 heteroatoms. The minimum Gasteiger partial charge on any atom is -0.379 e. The van der Waals surface area contributed by atoms with Gasteiger partial charge >= 0.3 is 0 Å². The number of nitrogens with one attached hydrogen (secondary N) is 2. The van der Waals surface area contributed by atoms with Gasteiger partial charge in [-0.15, -0.1) is 0 Å². The van der Waals surface area contributed by atoms with Crippen molar-refractivity contribution >= 4 is 66.6 Å². The van der Waals surface area contributed by atoms with Gasteiger partial charge in [-0.1, -0.05) is 127 Å². The summed E-state index contributed by atoms with van der Waals surface area (Å²) in [6, 6.07) is 51.9. The molecule has 11 rings (SSSR count). The maximum absolute atomic E-state index is 5.19. The first kappa shape index (κ1) is 32.3. The number of hydrogen-bond donors (Lipinski definition) is 2. The van der Waals surface area contributed by atoms with Crippen molar-refractivity contribution in [2.45, 2.75) is 19.0 Å². The number of dihydropyridines is 1. The summed E-state index contributed by atoms with van der Waals surface area (Å²) in [4.78, 5) is 10.2. The summed E-state index contributed by atoms with van der Waals surface area (Å²) < 4.78 is 4.82. The van der Waals surface area contributed by atoms with Gasteiger partial charge in [0.05, 0.1) is 34.3 Å². The standard InChI is InChI=1S/C50H38N6/c1-4-14-33(15-5-1)34-24-26-36(27-25-34)49-52-48(35-16-6-2-7-17-35)53-50(54-49)43-29-28-38(32-51-43)56-45-23-13-11-21-40(45)42-30-41-39-20-10-12-22-44(39)55(46(41)31-47(42)56)37-18-8-3-9-19-37/h2-4,6-31,50-51H,1,5,32H2,(H,52,53,54).